The van der Waals surface area contributed by atoms with E-state index in [0.717, 1.165) is 22.2 Å². The summed E-state index contributed by atoms with van der Waals surface area (Å²) in [4.78, 5) is 5.18. The number of benzene rings is 1. The Balaban J connectivity index is 2.10. The highest BCUT2D eigenvalue weighted by molar-refractivity contribution is 9.10. The van der Waals surface area contributed by atoms with Crippen LogP contribution in [0.25, 0.3) is 0 Å². The molecule has 1 heterocycles. The highest BCUT2D eigenvalue weighted by Crippen LogP contribution is 2.33. The molecule has 2 aromatic rings. The zero-order chi connectivity index (χ0) is 13.0. The highest BCUT2D eigenvalue weighted by Gasteiger charge is 2.08. The van der Waals surface area contributed by atoms with E-state index < -0.39 is 0 Å². The van der Waals surface area contributed by atoms with Crippen molar-refractivity contribution in [3.05, 3.63) is 40.7 Å². The van der Waals surface area contributed by atoms with Gasteiger partial charge in [0.25, 0.3) is 5.22 Å². The quantitative estimate of drug-likeness (QED) is 0.906. The van der Waals surface area contributed by atoms with Gasteiger partial charge in [0.05, 0.1) is 6.20 Å². The molecule has 2 rings (SSSR count). The molecule has 2 N–H and O–H groups in total. The molecule has 3 nitrogen and oxygen atoms in total. The van der Waals surface area contributed by atoms with Gasteiger partial charge < -0.3 is 10.2 Å². The van der Waals surface area contributed by atoms with Crippen molar-refractivity contribution in [3.8, 4) is 0 Å². The van der Waals surface area contributed by atoms with Crippen LogP contribution >= 0.6 is 27.7 Å². The molecular weight excluding hydrogens is 312 g/mol. The Morgan fingerprint density at radius 1 is 1.50 bits per heavy atom. The van der Waals surface area contributed by atoms with E-state index >= 15 is 0 Å². The summed E-state index contributed by atoms with van der Waals surface area (Å²) in [5.41, 5.74) is 7.20. The molecule has 0 spiro atoms. The molecule has 0 radical (unpaired) electrons. The third-order valence-corrected chi connectivity index (χ3v) is 4.50. The SMILES string of the molecule is CCC(N)Cc1ccc(Sc2ncco2)c(Br)c1. The fourth-order valence-electron chi connectivity index (χ4n) is 1.56. The first kappa shape index (κ1) is 13.6. The van der Waals surface area contributed by atoms with Crippen molar-refractivity contribution in [3.63, 3.8) is 0 Å². The first-order valence-corrected chi connectivity index (χ1v) is 7.41. The van der Waals surface area contributed by atoms with Crippen LogP contribution in [0.15, 0.2) is 49.7 Å². The van der Waals surface area contributed by atoms with Gasteiger partial charge in [0.2, 0.25) is 0 Å². The van der Waals surface area contributed by atoms with Gasteiger partial charge in [-0.15, -0.1) is 0 Å². The molecule has 0 saturated heterocycles. The normalized spacial score (nSPS) is 12.6. The molecule has 1 aromatic carbocycles. The smallest absolute Gasteiger partial charge is 0.260 e. The fourth-order valence-corrected chi connectivity index (χ4v) is 2.92. The van der Waals surface area contributed by atoms with Gasteiger partial charge >= 0.3 is 0 Å². The van der Waals surface area contributed by atoms with Crippen molar-refractivity contribution in [2.24, 2.45) is 5.73 Å². The average Bonchev–Trinajstić information content (AvgIpc) is 2.85. The van der Waals surface area contributed by atoms with E-state index in [2.05, 4.69) is 46.0 Å². The summed E-state index contributed by atoms with van der Waals surface area (Å²) < 4.78 is 6.26. The summed E-state index contributed by atoms with van der Waals surface area (Å²) in [5, 5.41) is 0.647. The summed E-state index contributed by atoms with van der Waals surface area (Å²) in [5.74, 6) is 0. The summed E-state index contributed by atoms with van der Waals surface area (Å²) in [6.07, 6.45) is 5.11. The number of halogens is 1. The van der Waals surface area contributed by atoms with E-state index in [1.807, 2.05) is 0 Å². The number of aromatic nitrogens is 1. The van der Waals surface area contributed by atoms with Crippen LogP contribution in [-0.4, -0.2) is 11.0 Å². The van der Waals surface area contributed by atoms with Crippen LogP contribution in [0.3, 0.4) is 0 Å². The molecule has 96 valence electrons. The molecule has 0 aliphatic carbocycles. The second-order valence-corrected chi connectivity index (χ2v) is 5.88. The standard InChI is InChI=1S/C13H15BrN2OS/c1-2-10(15)7-9-3-4-12(11(14)8-9)18-13-16-5-6-17-13/h3-6,8,10H,2,7,15H2,1H3. The third-order valence-electron chi connectivity index (χ3n) is 2.63. The van der Waals surface area contributed by atoms with Gasteiger partial charge in [-0.05, 0) is 58.2 Å². The van der Waals surface area contributed by atoms with E-state index in [-0.39, 0.29) is 6.04 Å². The molecule has 1 aromatic heterocycles. The lowest BCUT2D eigenvalue weighted by Crippen LogP contribution is -2.21. The predicted octanol–water partition coefficient (Wildman–Crippen LogP) is 3.87. The maximum atomic E-state index is 5.96. The first-order chi connectivity index (χ1) is 8.69. The summed E-state index contributed by atoms with van der Waals surface area (Å²) in [7, 11) is 0. The van der Waals surface area contributed by atoms with Crippen molar-refractivity contribution in [2.45, 2.75) is 35.9 Å². The van der Waals surface area contributed by atoms with E-state index in [9.17, 15) is 0 Å². The van der Waals surface area contributed by atoms with Crippen LogP contribution in [0.2, 0.25) is 0 Å². The van der Waals surface area contributed by atoms with Gasteiger partial charge in [-0.2, -0.15) is 0 Å². The molecule has 1 unspecified atom stereocenters. The van der Waals surface area contributed by atoms with Gasteiger partial charge in [-0.3, -0.25) is 0 Å². The molecule has 0 bridgehead atoms. The Morgan fingerprint density at radius 2 is 2.33 bits per heavy atom. The predicted molar refractivity (Wildman–Crippen MR) is 76.7 cm³/mol. The molecular formula is C13H15BrN2OS. The summed E-state index contributed by atoms with van der Waals surface area (Å²) in [6, 6.07) is 6.50. The number of hydrogen-bond acceptors (Lipinski definition) is 4. The monoisotopic (exact) mass is 326 g/mol. The molecule has 0 saturated carbocycles. The minimum Gasteiger partial charge on any atom is -0.440 e. The number of rotatable bonds is 5. The molecule has 0 fully saturated rings. The zero-order valence-electron chi connectivity index (χ0n) is 10.1. The zero-order valence-corrected chi connectivity index (χ0v) is 12.5. The van der Waals surface area contributed by atoms with E-state index in [1.165, 1.54) is 17.3 Å². The lowest BCUT2D eigenvalue weighted by Gasteiger charge is -2.10. The van der Waals surface area contributed by atoms with Crippen molar-refractivity contribution in [1.29, 1.82) is 0 Å². The van der Waals surface area contributed by atoms with Crippen LogP contribution in [0.5, 0.6) is 0 Å². The van der Waals surface area contributed by atoms with Gasteiger partial charge in [0, 0.05) is 15.4 Å². The van der Waals surface area contributed by atoms with Crippen molar-refractivity contribution < 1.29 is 4.42 Å². The minimum atomic E-state index is 0.224. The number of hydrogen-bond donors (Lipinski definition) is 1. The molecule has 0 amide bonds. The van der Waals surface area contributed by atoms with Crippen molar-refractivity contribution in [1.82, 2.24) is 4.98 Å². The summed E-state index contributed by atoms with van der Waals surface area (Å²) in [6.45, 7) is 2.10. The fraction of sp³-hybridized carbons (Fsp3) is 0.308. The summed E-state index contributed by atoms with van der Waals surface area (Å²) >= 11 is 5.07. The molecule has 0 aliphatic heterocycles. The van der Waals surface area contributed by atoms with Gasteiger partial charge in [0.15, 0.2) is 0 Å². The lowest BCUT2D eigenvalue weighted by molar-refractivity contribution is 0.454. The van der Waals surface area contributed by atoms with Crippen LogP contribution in [0, 0.1) is 0 Å². The van der Waals surface area contributed by atoms with Crippen LogP contribution < -0.4 is 5.73 Å². The molecule has 1 atom stereocenters. The third kappa shape index (κ3) is 3.60. The van der Waals surface area contributed by atoms with Crippen molar-refractivity contribution >= 4 is 27.7 Å². The number of oxazole rings is 1. The Hall–Kier alpha value is -0.780. The highest BCUT2D eigenvalue weighted by atomic mass is 79.9. The lowest BCUT2D eigenvalue weighted by atomic mass is 10.1. The Morgan fingerprint density at radius 3 is 2.94 bits per heavy atom. The Kier molecular flexibility index (Phi) is 4.86. The largest absolute Gasteiger partial charge is 0.440 e. The van der Waals surface area contributed by atoms with E-state index in [1.54, 1.807) is 12.5 Å². The topological polar surface area (TPSA) is 52.0 Å². The molecule has 0 aliphatic rings. The van der Waals surface area contributed by atoms with Crippen LogP contribution in [0.4, 0.5) is 0 Å². The van der Waals surface area contributed by atoms with Crippen LogP contribution in [-0.2, 0) is 6.42 Å². The number of nitrogens with two attached hydrogens (primary N) is 1. The molecule has 5 heteroatoms. The Labute approximate surface area is 119 Å². The van der Waals surface area contributed by atoms with E-state index in [0.29, 0.717) is 5.22 Å². The van der Waals surface area contributed by atoms with Gasteiger partial charge in [-0.1, -0.05) is 13.0 Å². The minimum absolute atomic E-state index is 0.224. The maximum Gasteiger partial charge on any atom is 0.260 e. The second-order valence-electron chi connectivity index (χ2n) is 4.04. The van der Waals surface area contributed by atoms with Gasteiger partial charge in [-0.25, -0.2) is 4.98 Å². The second kappa shape index (κ2) is 6.41. The van der Waals surface area contributed by atoms with Crippen molar-refractivity contribution in [2.75, 3.05) is 0 Å². The van der Waals surface area contributed by atoms with E-state index in [4.69, 9.17) is 10.2 Å². The first-order valence-electron chi connectivity index (χ1n) is 5.80. The van der Waals surface area contributed by atoms with Crippen LogP contribution in [0.1, 0.15) is 18.9 Å². The number of nitrogens with zero attached hydrogens (tertiary/aromatic N) is 1. The Bertz CT molecular complexity index is 502. The maximum absolute atomic E-state index is 5.96. The van der Waals surface area contributed by atoms with Gasteiger partial charge in [0.1, 0.15) is 6.26 Å². The average molecular weight is 327 g/mol. The molecule has 18 heavy (non-hydrogen) atoms.